The summed E-state index contributed by atoms with van der Waals surface area (Å²) in [7, 11) is 0. The first-order chi connectivity index (χ1) is 6.27. The van der Waals surface area contributed by atoms with Crippen molar-refractivity contribution >= 4 is 0 Å². The van der Waals surface area contributed by atoms with Crippen LogP contribution in [0.15, 0.2) is 12.1 Å². The number of nitrogens with zero attached hydrogens (tertiary/aromatic N) is 1. The van der Waals surface area contributed by atoms with E-state index in [1.54, 1.807) is 0 Å². The highest BCUT2D eigenvalue weighted by Crippen LogP contribution is 2.17. The van der Waals surface area contributed by atoms with E-state index in [9.17, 15) is 0 Å². The molecule has 0 radical (unpaired) electrons. The molecule has 0 amide bonds. The summed E-state index contributed by atoms with van der Waals surface area (Å²) in [6, 6.07) is 4.36. The van der Waals surface area contributed by atoms with E-state index in [2.05, 4.69) is 36.3 Å². The van der Waals surface area contributed by atoms with Crippen molar-refractivity contribution in [3.05, 3.63) is 29.1 Å². The number of fused-ring (bicyclic) bond motifs is 1. The van der Waals surface area contributed by atoms with Crippen LogP contribution in [0.3, 0.4) is 0 Å². The van der Waals surface area contributed by atoms with Crippen molar-refractivity contribution in [3.8, 4) is 0 Å². The molecule has 0 bridgehead atoms. The highest BCUT2D eigenvalue weighted by atomic mass is 14.9. The van der Waals surface area contributed by atoms with Crippen LogP contribution in [-0.2, 0) is 13.0 Å². The minimum atomic E-state index is 0.542. The first-order valence-corrected chi connectivity index (χ1v) is 4.97. The Bertz CT molecular complexity index is 305. The van der Waals surface area contributed by atoms with E-state index in [4.69, 9.17) is 0 Å². The Kier molecular flexibility index (Phi) is 2.32. The maximum Gasteiger partial charge on any atom is 0.0464 e. The highest BCUT2D eigenvalue weighted by Gasteiger charge is 2.11. The van der Waals surface area contributed by atoms with Gasteiger partial charge in [0.25, 0.3) is 0 Å². The van der Waals surface area contributed by atoms with Crippen molar-refractivity contribution in [2.24, 2.45) is 0 Å². The smallest absolute Gasteiger partial charge is 0.0464 e. The third-order valence-electron chi connectivity index (χ3n) is 2.54. The molecule has 0 saturated carbocycles. The predicted molar refractivity (Wildman–Crippen MR) is 53.7 cm³/mol. The Morgan fingerprint density at radius 1 is 1.38 bits per heavy atom. The fourth-order valence-electron chi connectivity index (χ4n) is 1.68. The van der Waals surface area contributed by atoms with Crippen LogP contribution in [0.5, 0.6) is 0 Å². The summed E-state index contributed by atoms with van der Waals surface area (Å²) >= 11 is 0. The minimum Gasteiger partial charge on any atom is -0.312 e. The summed E-state index contributed by atoms with van der Waals surface area (Å²) in [5, 5.41) is 3.35. The molecule has 0 fully saturated rings. The van der Waals surface area contributed by atoms with Crippen LogP contribution in [-0.4, -0.2) is 11.5 Å². The molecule has 1 aliphatic rings. The second-order valence-corrected chi connectivity index (χ2v) is 3.92. The topological polar surface area (TPSA) is 24.9 Å². The van der Waals surface area contributed by atoms with E-state index in [1.165, 1.54) is 17.0 Å². The van der Waals surface area contributed by atoms with Crippen LogP contribution < -0.4 is 5.32 Å². The molecule has 13 heavy (non-hydrogen) atoms. The molecule has 2 rings (SSSR count). The van der Waals surface area contributed by atoms with E-state index in [1.807, 2.05) is 0 Å². The van der Waals surface area contributed by atoms with E-state index >= 15 is 0 Å². The number of hydrogen-bond acceptors (Lipinski definition) is 2. The van der Waals surface area contributed by atoms with Crippen LogP contribution in [0.2, 0.25) is 0 Å². The van der Waals surface area contributed by atoms with Gasteiger partial charge in [-0.25, -0.2) is 0 Å². The fraction of sp³-hybridized carbons (Fsp3) is 0.545. The molecule has 70 valence electrons. The molecule has 1 N–H and O–H groups in total. The fourth-order valence-corrected chi connectivity index (χ4v) is 1.68. The zero-order valence-electron chi connectivity index (χ0n) is 8.30. The molecule has 1 aromatic rings. The van der Waals surface area contributed by atoms with Crippen LogP contribution in [0.25, 0.3) is 0 Å². The van der Waals surface area contributed by atoms with Gasteiger partial charge in [-0.15, -0.1) is 0 Å². The third kappa shape index (κ3) is 1.73. The van der Waals surface area contributed by atoms with Gasteiger partial charge in [0.05, 0.1) is 0 Å². The molecule has 0 aliphatic carbocycles. The summed E-state index contributed by atoms with van der Waals surface area (Å²) in [5.41, 5.74) is 3.89. The first-order valence-electron chi connectivity index (χ1n) is 4.97. The van der Waals surface area contributed by atoms with Crippen molar-refractivity contribution in [1.82, 2.24) is 10.3 Å². The van der Waals surface area contributed by atoms with Gasteiger partial charge in [-0.1, -0.05) is 19.9 Å². The molecule has 2 heterocycles. The Labute approximate surface area is 79.4 Å². The lowest BCUT2D eigenvalue weighted by Gasteiger charge is -2.17. The summed E-state index contributed by atoms with van der Waals surface area (Å²) < 4.78 is 0. The molecule has 0 unspecified atom stereocenters. The van der Waals surface area contributed by atoms with Crippen molar-refractivity contribution < 1.29 is 0 Å². The first kappa shape index (κ1) is 8.70. The van der Waals surface area contributed by atoms with Crippen LogP contribution in [0, 0.1) is 0 Å². The summed E-state index contributed by atoms with van der Waals surface area (Å²) in [4.78, 5) is 4.67. The number of hydrogen-bond donors (Lipinski definition) is 1. The van der Waals surface area contributed by atoms with Crippen molar-refractivity contribution in [2.45, 2.75) is 32.7 Å². The van der Waals surface area contributed by atoms with Crippen LogP contribution in [0.1, 0.15) is 36.7 Å². The monoisotopic (exact) mass is 176 g/mol. The predicted octanol–water partition coefficient (Wildman–Crippen LogP) is 1.85. The number of nitrogens with one attached hydrogen (secondary N) is 1. The van der Waals surface area contributed by atoms with E-state index < -0.39 is 0 Å². The maximum absolute atomic E-state index is 4.67. The number of rotatable bonds is 1. The van der Waals surface area contributed by atoms with Gasteiger partial charge in [-0.2, -0.15) is 0 Å². The van der Waals surface area contributed by atoms with E-state index in [-0.39, 0.29) is 0 Å². The van der Waals surface area contributed by atoms with E-state index in [0.29, 0.717) is 5.92 Å². The average Bonchev–Trinajstić information content (AvgIpc) is 2.17. The Morgan fingerprint density at radius 3 is 3.00 bits per heavy atom. The number of aromatic nitrogens is 1. The second kappa shape index (κ2) is 3.46. The van der Waals surface area contributed by atoms with Gasteiger partial charge in [0.1, 0.15) is 0 Å². The lowest BCUT2D eigenvalue weighted by Crippen LogP contribution is -2.24. The molecule has 0 aromatic carbocycles. The van der Waals surface area contributed by atoms with Gasteiger partial charge in [-0.3, -0.25) is 4.98 Å². The molecular weight excluding hydrogens is 160 g/mol. The van der Waals surface area contributed by atoms with Gasteiger partial charge in [0.2, 0.25) is 0 Å². The molecule has 0 atom stereocenters. The van der Waals surface area contributed by atoms with Crippen LogP contribution >= 0.6 is 0 Å². The van der Waals surface area contributed by atoms with Crippen LogP contribution in [0.4, 0.5) is 0 Å². The SMILES string of the molecule is CC(C)c1ccc2c(n1)CCNC2. The highest BCUT2D eigenvalue weighted by molar-refractivity contribution is 5.26. The lowest BCUT2D eigenvalue weighted by molar-refractivity contribution is 0.623. The Morgan fingerprint density at radius 2 is 2.23 bits per heavy atom. The maximum atomic E-state index is 4.67. The normalized spacial score (nSPS) is 15.9. The summed E-state index contributed by atoms with van der Waals surface area (Å²) in [6.45, 7) is 6.44. The van der Waals surface area contributed by atoms with Gasteiger partial charge in [0, 0.05) is 30.9 Å². The van der Waals surface area contributed by atoms with Gasteiger partial charge in [-0.05, 0) is 17.5 Å². The van der Waals surface area contributed by atoms with Crippen molar-refractivity contribution in [3.63, 3.8) is 0 Å². The Balaban J connectivity index is 2.35. The molecule has 0 saturated heterocycles. The quantitative estimate of drug-likeness (QED) is 0.706. The van der Waals surface area contributed by atoms with Gasteiger partial charge in [0.15, 0.2) is 0 Å². The molecule has 1 aromatic heterocycles. The number of pyridine rings is 1. The summed E-state index contributed by atoms with van der Waals surface area (Å²) in [6.07, 6.45) is 1.08. The van der Waals surface area contributed by atoms with Crippen molar-refractivity contribution in [1.29, 1.82) is 0 Å². The minimum absolute atomic E-state index is 0.542. The van der Waals surface area contributed by atoms with Gasteiger partial charge >= 0.3 is 0 Å². The molecule has 1 aliphatic heterocycles. The summed E-state index contributed by atoms with van der Waals surface area (Å²) in [5.74, 6) is 0.542. The Hall–Kier alpha value is -0.890. The molecular formula is C11H16N2. The van der Waals surface area contributed by atoms with E-state index in [0.717, 1.165) is 19.5 Å². The zero-order valence-corrected chi connectivity index (χ0v) is 8.30. The third-order valence-corrected chi connectivity index (χ3v) is 2.54. The van der Waals surface area contributed by atoms with Gasteiger partial charge < -0.3 is 5.32 Å². The average molecular weight is 176 g/mol. The molecule has 2 nitrogen and oxygen atoms in total. The zero-order chi connectivity index (χ0) is 9.26. The van der Waals surface area contributed by atoms with Crippen molar-refractivity contribution in [2.75, 3.05) is 6.54 Å². The largest absolute Gasteiger partial charge is 0.312 e. The lowest BCUT2D eigenvalue weighted by atomic mass is 10.0. The molecule has 0 spiro atoms. The standard InChI is InChI=1S/C11H16N2/c1-8(2)10-4-3-9-7-12-6-5-11(9)13-10/h3-4,8,12H,5-7H2,1-2H3. The second-order valence-electron chi connectivity index (χ2n) is 3.92. The molecule has 2 heteroatoms.